The molecule has 0 fully saturated rings. The lowest BCUT2D eigenvalue weighted by Gasteiger charge is -2.17. The number of aryl methyl sites for hydroxylation is 1. The third kappa shape index (κ3) is 6.17. The molecule has 0 aliphatic carbocycles. The zero-order valence-electron chi connectivity index (χ0n) is 14.1. The molecule has 0 radical (unpaired) electrons. The summed E-state index contributed by atoms with van der Waals surface area (Å²) in [6.07, 6.45) is 1.28. The van der Waals surface area contributed by atoms with Gasteiger partial charge in [-0.1, -0.05) is 6.07 Å². The van der Waals surface area contributed by atoms with Crippen molar-refractivity contribution in [2.45, 2.75) is 19.4 Å². The number of sulfonamides is 1. The molecular formula is C15H22N2O6S. The molecule has 0 unspecified atom stereocenters. The summed E-state index contributed by atoms with van der Waals surface area (Å²) in [7, 11) is -0.751. The zero-order valence-corrected chi connectivity index (χ0v) is 14.9. The highest BCUT2D eigenvalue weighted by atomic mass is 32.2. The Morgan fingerprint density at radius 1 is 1.25 bits per heavy atom. The van der Waals surface area contributed by atoms with E-state index in [0.29, 0.717) is 11.3 Å². The van der Waals surface area contributed by atoms with Gasteiger partial charge in [-0.25, -0.2) is 13.2 Å². The van der Waals surface area contributed by atoms with E-state index in [-0.39, 0.29) is 18.6 Å². The Hall–Kier alpha value is -2.13. The number of methoxy groups -OCH3 is 2. The van der Waals surface area contributed by atoms with E-state index in [1.165, 1.54) is 20.3 Å². The Morgan fingerprint density at radius 2 is 1.92 bits per heavy atom. The van der Waals surface area contributed by atoms with E-state index in [0.717, 1.165) is 6.26 Å². The van der Waals surface area contributed by atoms with Crippen LogP contribution in [0, 0.1) is 6.92 Å². The lowest BCUT2D eigenvalue weighted by molar-refractivity contribution is -0.143. The summed E-state index contributed by atoms with van der Waals surface area (Å²) >= 11 is 0. The number of anilines is 1. The molecule has 1 atom stereocenters. The number of rotatable bonds is 8. The van der Waals surface area contributed by atoms with Gasteiger partial charge in [-0.3, -0.25) is 9.52 Å². The van der Waals surface area contributed by atoms with Crippen LogP contribution in [0.2, 0.25) is 0 Å². The van der Waals surface area contributed by atoms with Gasteiger partial charge in [0.15, 0.2) is 0 Å². The van der Waals surface area contributed by atoms with Crippen LogP contribution in [0.1, 0.15) is 22.3 Å². The predicted octanol–water partition coefficient (Wildman–Crippen LogP) is 0.674. The number of ether oxygens (including phenoxy) is 2. The molecule has 0 bridgehead atoms. The Labute approximate surface area is 141 Å². The molecule has 8 nitrogen and oxygen atoms in total. The Balaban J connectivity index is 2.97. The molecule has 0 aromatic heterocycles. The van der Waals surface area contributed by atoms with E-state index in [4.69, 9.17) is 4.74 Å². The van der Waals surface area contributed by atoms with Crippen LogP contribution in [0.3, 0.4) is 0 Å². The molecule has 1 amide bonds. The highest BCUT2D eigenvalue weighted by Crippen LogP contribution is 2.18. The van der Waals surface area contributed by atoms with Crippen molar-refractivity contribution < 1.29 is 27.5 Å². The Morgan fingerprint density at radius 3 is 2.46 bits per heavy atom. The summed E-state index contributed by atoms with van der Waals surface area (Å²) in [6, 6.07) is 3.72. The fourth-order valence-electron chi connectivity index (χ4n) is 1.94. The van der Waals surface area contributed by atoms with E-state index in [1.54, 1.807) is 19.1 Å². The number of carbonyl (C=O) groups excluding carboxylic acids is 2. The first-order valence-corrected chi connectivity index (χ1v) is 9.03. The lowest BCUT2D eigenvalue weighted by atomic mass is 10.1. The van der Waals surface area contributed by atoms with E-state index in [2.05, 4.69) is 14.8 Å². The monoisotopic (exact) mass is 358 g/mol. The number of hydrogen-bond acceptors (Lipinski definition) is 6. The maximum Gasteiger partial charge on any atom is 0.328 e. The highest BCUT2D eigenvalue weighted by Gasteiger charge is 2.22. The second kappa shape index (κ2) is 8.65. The summed E-state index contributed by atoms with van der Waals surface area (Å²) in [4.78, 5) is 24.0. The normalized spacial score (nSPS) is 12.3. The molecule has 9 heteroatoms. The first kappa shape index (κ1) is 19.9. The third-order valence-electron chi connectivity index (χ3n) is 3.20. The minimum absolute atomic E-state index is 0.220. The summed E-state index contributed by atoms with van der Waals surface area (Å²) in [5.74, 6) is -1.10. The first-order valence-electron chi connectivity index (χ1n) is 7.14. The Bertz CT molecular complexity index is 702. The second-order valence-corrected chi connectivity index (χ2v) is 6.98. The maximum absolute atomic E-state index is 12.3. The van der Waals surface area contributed by atoms with Crippen molar-refractivity contribution in [3.05, 3.63) is 29.3 Å². The van der Waals surface area contributed by atoms with Crippen molar-refractivity contribution in [3.8, 4) is 0 Å². The highest BCUT2D eigenvalue weighted by molar-refractivity contribution is 7.92. The number of carbonyl (C=O) groups is 2. The van der Waals surface area contributed by atoms with Crippen LogP contribution in [0.5, 0.6) is 0 Å². The maximum atomic E-state index is 12.3. The Kier molecular flexibility index (Phi) is 7.18. The molecular weight excluding hydrogens is 336 g/mol. The van der Waals surface area contributed by atoms with E-state index in [1.807, 2.05) is 0 Å². The third-order valence-corrected chi connectivity index (χ3v) is 3.79. The van der Waals surface area contributed by atoms with E-state index >= 15 is 0 Å². The van der Waals surface area contributed by atoms with Gasteiger partial charge in [-0.05, 0) is 24.6 Å². The molecule has 0 spiro atoms. The van der Waals surface area contributed by atoms with Crippen molar-refractivity contribution in [1.29, 1.82) is 0 Å². The fraction of sp³-hybridized carbons (Fsp3) is 0.467. The number of hydrogen-bond donors (Lipinski definition) is 2. The van der Waals surface area contributed by atoms with Crippen molar-refractivity contribution in [3.63, 3.8) is 0 Å². The summed E-state index contributed by atoms with van der Waals surface area (Å²) in [5.41, 5.74) is 1.19. The van der Waals surface area contributed by atoms with Crippen LogP contribution in [0.4, 0.5) is 5.69 Å². The number of nitrogens with one attached hydrogen (secondary N) is 2. The summed E-state index contributed by atoms with van der Waals surface area (Å²) < 4.78 is 34.7. The van der Waals surface area contributed by atoms with Crippen LogP contribution >= 0.6 is 0 Å². The average Bonchev–Trinajstić information content (AvgIpc) is 2.51. The van der Waals surface area contributed by atoms with Crippen LogP contribution in [-0.4, -0.2) is 53.4 Å². The molecule has 0 aliphatic heterocycles. The standard InChI is InChI=1S/C15H22N2O6S/c1-10-5-6-11(9-13(10)17-24(4,20)21)14(18)16-12(7-8-22-2)15(19)23-3/h5-6,9,12,17H,7-8H2,1-4H3,(H,16,18)/t12-/m1/s1. The quantitative estimate of drug-likeness (QED) is 0.661. The molecule has 2 N–H and O–H groups in total. The van der Waals surface area contributed by atoms with Gasteiger partial charge in [-0.15, -0.1) is 0 Å². The summed E-state index contributed by atoms with van der Waals surface area (Å²) in [6.45, 7) is 1.99. The smallest absolute Gasteiger partial charge is 0.328 e. The van der Waals surface area contributed by atoms with Crippen molar-refractivity contribution >= 4 is 27.6 Å². The SMILES string of the molecule is COCC[C@@H](NC(=O)c1ccc(C)c(NS(C)(=O)=O)c1)C(=O)OC. The predicted molar refractivity (Wildman–Crippen MR) is 89.4 cm³/mol. The van der Waals surface area contributed by atoms with Crippen LogP contribution in [0.25, 0.3) is 0 Å². The van der Waals surface area contributed by atoms with Gasteiger partial charge in [0.1, 0.15) is 6.04 Å². The van der Waals surface area contributed by atoms with Gasteiger partial charge in [0, 0.05) is 25.7 Å². The molecule has 0 saturated heterocycles. The molecule has 0 heterocycles. The van der Waals surface area contributed by atoms with Gasteiger partial charge in [0.05, 0.1) is 19.1 Å². The largest absolute Gasteiger partial charge is 0.467 e. The minimum Gasteiger partial charge on any atom is -0.467 e. The number of esters is 1. The molecule has 0 aliphatic rings. The first-order chi connectivity index (χ1) is 11.2. The zero-order chi connectivity index (χ0) is 18.3. The van der Waals surface area contributed by atoms with E-state index in [9.17, 15) is 18.0 Å². The van der Waals surface area contributed by atoms with Gasteiger partial charge in [0.2, 0.25) is 10.0 Å². The fourth-order valence-corrected chi connectivity index (χ4v) is 2.56. The van der Waals surface area contributed by atoms with Crippen molar-refractivity contribution in [2.75, 3.05) is 31.8 Å². The lowest BCUT2D eigenvalue weighted by Crippen LogP contribution is -2.42. The van der Waals surface area contributed by atoms with Gasteiger partial charge < -0.3 is 14.8 Å². The number of amides is 1. The van der Waals surface area contributed by atoms with Gasteiger partial charge >= 0.3 is 5.97 Å². The molecule has 1 rings (SSSR count). The summed E-state index contributed by atoms with van der Waals surface area (Å²) in [5, 5.41) is 2.56. The van der Waals surface area contributed by atoms with E-state index < -0.39 is 27.9 Å². The van der Waals surface area contributed by atoms with Crippen LogP contribution < -0.4 is 10.0 Å². The average molecular weight is 358 g/mol. The van der Waals surface area contributed by atoms with Gasteiger partial charge in [0.25, 0.3) is 5.91 Å². The minimum atomic E-state index is -3.47. The van der Waals surface area contributed by atoms with Crippen molar-refractivity contribution in [1.82, 2.24) is 5.32 Å². The second-order valence-electron chi connectivity index (χ2n) is 5.23. The van der Waals surface area contributed by atoms with Crippen LogP contribution in [0.15, 0.2) is 18.2 Å². The van der Waals surface area contributed by atoms with Gasteiger partial charge in [-0.2, -0.15) is 0 Å². The molecule has 1 aromatic carbocycles. The number of benzene rings is 1. The van der Waals surface area contributed by atoms with Crippen LogP contribution in [-0.2, 0) is 24.3 Å². The molecule has 1 aromatic rings. The molecule has 0 saturated carbocycles. The van der Waals surface area contributed by atoms with Crippen molar-refractivity contribution in [2.24, 2.45) is 0 Å². The molecule has 24 heavy (non-hydrogen) atoms. The topological polar surface area (TPSA) is 111 Å². The molecule has 134 valence electrons.